The third-order valence-corrected chi connectivity index (χ3v) is 8.56. The van der Waals surface area contributed by atoms with Crippen LogP contribution in [0.25, 0.3) is 11.8 Å². The summed E-state index contributed by atoms with van der Waals surface area (Å²) < 4.78 is 9.21. The third kappa shape index (κ3) is 5.64. The van der Waals surface area contributed by atoms with Crippen LogP contribution in [0.2, 0.25) is 0 Å². The SMILES string of the molecule is Cc1cc(N=C2NC(=O)/C(=C/c3cc(C)n(-c4ccc(OCc5ccccc5)cc4)c3C)S2)cc(C)c1Br. The van der Waals surface area contributed by atoms with E-state index in [9.17, 15) is 4.79 Å². The maximum atomic E-state index is 12.7. The molecule has 0 radical (unpaired) electrons. The summed E-state index contributed by atoms with van der Waals surface area (Å²) >= 11 is 4.95. The maximum Gasteiger partial charge on any atom is 0.264 e. The molecule has 0 atom stereocenters. The minimum Gasteiger partial charge on any atom is -0.489 e. The number of aromatic nitrogens is 1. The Morgan fingerprint density at radius 3 is 2.34 bits per heavy atom. The Labute approximate surface area is 235 Å². The fourth-order valence-electron chi connectivity index (χ4n) is 4.49. The van der Waals surface area contributed by atoms with Crippen molar-refractivity contribution in [3.63, 3.8) is 0 Å². The lowest BCUT2D eigenvalue weighted by molar-refractivity contribution is -0.115. The second kappa shape index (κ2) is 11.1. The van der Waals surface area contributed by atoms with Crippen LogP contribution in [0.3, 0.4) is 0 Å². The molecule has 1 fully saturated rings. The van der Waals surface area contributed by atoms with E-state index in [4.69, 9.17) is 4.74 Å². The van der Waals surface area contributed by atoms with Crippen molar-refractivity contribution in [2.24, 2.45) is 4.99 Å². The first kappa shape index (κ1) is 26.1. The van der Waals surface area contributed by atoms with Gasteiger partial charge in [-0.15, -0.1) is 0 Å². The fraction of sp³-hybridized carbons (Fsp3) is 0.161. The lowest BCUT2D eigenvalue weighted by Gasteiger charge is -2.11. The molecule has 2 heterocycles. The van der Waals surface area contributed by atoms with Gasteiger partial charge in [0.2, 0.25) is 0 Å². The van der Waals surface area contributed by atoms with Crippen molar-refractivity contribution in [2.45, 2.75) is 34.3 Å². The molecule has 5 nitrogen and oxygen atoms in total. The number of aryl methyl sites for hydroxylation is 3. The first-order valence-corrected chi connectivity index (χ1v) is 13.9. The molecule has 0 unspecified atom stereocenters. The largest absolute Gasteiger partial charge is 0.489 e. The molecule has 1 aromatic heterocycles. The van der Waals surface area contributed by atoms with E-state index in [-0.39, 0.29) is 5.91 Å². The maximum absolute atomic E-state index is 12.7. The molecule has 0 spiro atoms. The molecular weight excluding hydrogens is 558 g/mol. The van der Waals surface area contributed by atoms with E-state index in [0.29, 0.717) is 16.7 Å². The van der Waals surface area contributed by atoms with Gasteiger partial charge in [-0.3, -0.25) is 4.79 Å². The van der Waals surface area contributed by atoms with Gasteiger partial charge < -0.3 is 14.6 Å². The van der Waals surface area contributed by atoms with E-state index in [2.05, 4.69) is 75.0 Å². The summed E-state index contributed by atoms with van der Waals surface area (Å²) in [6.07, 6.45) is 1.94. The summed E-state index contributed by atoms with van der Waals surface area (Å²) in [5.74, 6) is 0.688. The number of halogens is 1. The summed E-state index contributed by atoms with van der Waals surface area (Å²) in [5.41, 5.74) is 8.37. The number of hydrogen-bond acceptors (Lipinski definition) is 4. The molecule has 5 rings (SSSR count). The highest BCUT2D eigenvalue weighted by Gasteiger charge is 2.25. The number of hydrogen-bond donors (Lipinski definition) is 1. The fourth-order valence-corrected chi connectivity index (χ4v) is 5.55. The van der Waals surface area contributed by atoms with Gasteiger partial charge in [0, 0.05) is 21.5 Å². The van der Waals surface area contributed by atoms with E-state index in [0.717, 1.165) is 55.2 Å². The molecule has 1 saturated heterocycles. The molecule has 0 bridgehead atoms. The number of nitrogens with one attached hydrogen (secondary N) is 1. The number of carbonyl (C=O) groups is 1. The predicted octanol–water partition coefficient (Wildman–Crippen LogP) is 7.94. The van der Waals surface area contributed by atoms with Crippen LogP contribution in [-0.4, -0.2) is 15.6 Å². The number of rotatable bonds is 6. The molecule has 3 aromatic carbocycles. The summed E-state index contributed by atoms with van der Waals surface area (Å²) in [6.45, 7) is 8.74. The number of benzene rings is 3. The Hall–Kier alpha value is -3.55. The quantitative estimate of drug-likeness (QED) is 0.234. The minimum absolute atomic E-state index is 0.135. The molecule has 7 heteroatoms. The predicted molar refractivity (Wildman–Crippen MR) is 160 cm³/mol. The molecule has 4 aromatic rings. The van der Waals surface area contributed by atoms with Crippen LogP contribution in [0.5, 0.6) is 5.75 Å². The molecule has 1 aliphatic heterocycles. The van der Waals surface area contributed by atoms with Gasteiger partial charge in [-0.1, -0.05) is 46.3 Å². The van der Waals surface area contributed by atoms with Crippen molar-refractivity contribution in [2.75, 3.05) is 0 Å². The normalized spacial score (nSPS) is 15.3. The van der Waals surface area contributed by atoms with Crippen LogP contribution in [0, 0.1) is 27.7 Å². The van der Waals surface area contributed by atoms with Crippen molar-refractivity contribution >= 4 is 50.5 Å². The zero-order valence-electron chi connectivity index (χ0n) is 21.7. The number of thioether (sulfide) groups is 1. The summed E-state index contributed by atoms with van der Waals surface area (Å²) in [6, 6.07) is 24.3. The van der Waals surface area contributed by atoms with Crippen molar-refractivity contribution in [1.82, 2.24) is 9.88 Å². The van der Waals surface area contributed by atoms with Gasteiger partial charge >= 0.3 is 0 Å². The van der Waals surface area contributed by atoms with Gasteiger partial charge in [-0.25, -0.2) is 4.99 Å². The highest BCUT2D eigenvalue weighted by molar-refractivity contribution is 9.10. The lowest BCUT2D eigenvalue weighted by Crippen LogP contribution is -2.19. The van der Waals surface area contributed by atoms with Gasteiger partial charge in [0.1, 0.15) is 12.4 Å². The van der Waals surface area contributed by atoms with Gasteiger partial charge in [0.25, 0.3) is 5.91 Å². The smallest absolute Gasteiger partial charge is 0.264 e. The molecule has 192 valence electrons. The molecule has 0 aliphatic carbocycles. The molecular formula is C31H28BrN3O2S. The standard InChI is InChI=1S/C31H28BrN3O2S/c1-19-14-25(15-20(2)29(19)32)33-31-34-30(36)28(38-31)17-24-16-21(3)35(22(24)4)26-10-12-27(13-11-26)37-18-23-8-6-5-7-9-23/h5-17H,18H2,1-4H3,(H,33,34,36)/b28-17-. The second-order valence-electron chi connectivity index (χ2n) is 9.31. The number of amidine groups is 1. The highest BCUT2D eigenvalue weighted by atomic mass is 79.9. The first-order chi connectivity index (χ1) is 18.3. The molecule has 1 amide bonds. The average molecular weight is 587 g/mol. The summed E-state index contributed by atoms with van der Waals surface area (Å²) in [5, 5.41) is 3.49. The van der Waals surface area contributed by atoms with Gasteiger partial charge in [-0.2, -0.15) is 0 Å². The van der Waals surface area contributed by atoms with Crippen LogP contribution < -0.4 is 10.1 Å². The van der Waals surface area contributed by atoms with Crippen LogP contribution in [0.15, 0.2) is 87.2 Å². The van der Waals surface area contributed by atoms with Gasteiger partial charge in [-0.05, 0) is 110 Å². The Morgan fingerprint density at radius 2 is 1.66 bits per heavy atom. The van der Waals surface area contributed by atoms with Crippen LogP contribution in [0.1, 0.15) is 33.6 Å². The number of carbonyl (C=O) groups excluding carboxylic acids is 1. The van der Waals surface area contributed by atoms with E-state index in [1.165, 1.54) is 11.8 Å². The number of amides is 1. The topological polar surface area (TPSA) is 55.6 Å². The van der Waals surface area contributed by atoms with E-state index in [1.54, 1.807) is 0 Å². The highest BCUT2D eigenvalue weighted by Crippen LogP contribution is 2.32. The van der Waals surface area contributed by atoms with E-state index < -0.39 is 0 Å². The Morgan fingerprint density at radius 1 is 0.974 bits per heavy atom. The summed E-state index contributed by atoms with van der Waals surface area (Å²) in [7, 11) is 0. The average Bonchev–Trinajstić information content (AvgIpc) is 3.39. The first-order valence-electron chi connectivity index (χ1n) is 12.3. The second-order valence-corrected chi connectivity index (χ2v) is 11.1. The minimum atomic E-state index is -0.135. The molecule has 0 saturated carbocycles. The zero-order chi connectivity index (χ0) is 26.8. The number of aliphatic imine (C=N–C) groups is 1. The van der Waals surface area contributed by atoms with E-state index >= 15 is 0 Å². The Balaban J connectivity index is 1.33. The third-order valence-electron chi connectivity index (χ3n) is 6.40. The van der Waals surface area contributed by atoms with Gasteiger partial charge in [0.15, 0.2) is 5.17 Å². The molecule has 1 N–H and O–H groups in total. The Kier molecular flexibility index (Phi) is 7.58. The van der Waals surface area contributed by atoms with Crippen LogP contribution in [0.4, 0.5) is 5.69 Å². The number of ether oxygens (including phenoxy) is 1. The van der Waals surface area contributed by atoms with Gasteiger partial charge in [0.05, 0.1) is 10.6 Å². The van der Waals surface area contributed by atoms with Crippen LogP contribution in [-0.2, 0) is 11.4 Å². The van der Waals surface area contributed by atoms with Crippen molar-refractivity contribution in [3.8, 4) is 11.4 Å². The zero-order valence-corrected chi connectivity index (χ0v) is 24.1. The van der Waals surface area contributed by atoms with Crippen molar-refractivity contribution < 1.29 is 9.53 Å². The van der Waals surface area contributed by atoms with Crippen LogP contribution >= 0.6 is 27.7 Å². The Bertz CT molecular complexity index is 1550. The lowest BCUT2D eigenvalue weighted by atomic mass is 10.1. The number of nitrogens with zero attached hydrogens (tertiary/aromatic N) is 2. The summed E-state index contributed by atoms with van der Waals surface area (Å²) in [4.78, 5) is 18.0. The van der Waals surface area contributed by atoms with Crippen molar-refractivity contribution in [3.05, 3.63) is 116 Å². The molecule has 38 heavy (non-hydrogen) atoms. The monoisotopic (exact) mass is 585 g/mol. The van der Waals surface area contributed by atoms with Crippen molar-refractivity contribution in [1.29, 1.82) is 0 Å². The van der Waals surface area contributed by atoms with E-state index in [1.807, 2.05) is 62.4 Å². The molecule has 1 aliphatic rings.